The third-order valence-corrected chi connectivity index (χ3v) is 9.05. The molecule has 3 fully saturated rings. The Labute approximate surface area is 205 Å². The SMILES string of the molecule is CCC1CC2(C#N)CCCC(n3c(=O)n(C)c4cnc(NC5=CC6CCOC6C=C5C)nc43)(C1)C2. The van der Waals surface area contributed by atoms with Gasteiger partial charge in [-0.05, 0) is 63.4 Å². The molecular weight excluding hydrogens is 440 g/mol. The van der Waals surface area contributed by atoms with Gasteiger partial charge in [0, 0.05) is 25.3 Å². The molecule has 2 aromatic rings. The summed E-state index contributed by atoms with van der Waals surface area (Å²) in [7, 11) is 1.80. The Hall–Kier alpha value is -2.92. The molecule has 3 heterocycles. The van der Waals surface area contributed by atoms with Crippen LogP contribution in [0.5, 0.6) is 0 Å². The summed E-state index contributed by atoms with van der Waals surface area (Å²) in [5.74, 6) is 1.30. The van der Waals surface area contributed by atoms with E-state index < -0.39 is 0 Å². The van der Waals surface area contributed by atoms with Crippen molar-refractivity contribution in [3.63, 3.8) is 0 Å². The summed E-state index contributed by atoms with van der Waals surface area (Å²) in [6.45, 7) is 5.06. The Morgan fingerprint density at radius 2 is 2.17 bits per heavy atom. The van der Waals surface area contributed by atoms with Crippen molar-refractivity contribution in [2.24, 2.45) is 24.3 Å². The van der Waals surface area contributed by atoms with Gasteiger partial charge < -0.3 is 10.1 Å². The van der Waals surface area contributed by atoms with Gasteiger partial charge in [0.1, 0.15) is 5.52 Å². The molecule has 5 atom stereocenters. The highest BCUT2D eigenvalue weighted by atomic mass is 16.5. The number of fused-ring (bicyclic) bond motifs is 4. The number of nitrogens with zero attached hydrogens (tertiary/aromatic N) is 5. The molecule has 1 aliphatic heterocycles. The second-order valence-electron chi connectivity index (χ2n) is 11.3. The molecule has 0 radical (unpaired) electrons. The lowest BCUT2D eigenvalue weighted by molar-refractivity contribution is 0.00987. The molecule has 5 unspecified atom stereocenters. The predicted molar refractivity (Wildman–Crippen MR) is 134 cm³/mol. The maximum Gasteiger partial charge on any atom is 0.330 e. The summed E-state index contributed by atoms with van der Waals surface area (Å²) in [6.07, 6.45) is 13.7. The lowest BCUT2D eigenvalue weighted by Gasteiger charge is -2.52. The van der Waals surface area contributed by atoms with Crippen molar-refractivity contribution in [2.45, 2.75) is 76.9 Å². The van der Waals surface area contributed by atoms with Gasteiger partial charge in [-0.1, -0.05) is 25.5 Å². The summed E-state index contributed by atoms with van der Waals surface area (Å²) in [6, 6.07) is 2.68. The first kappa shape index (κ1) is 22.5. The Morgan fingerprint density at radius 3 is 2.97 bits per heavy atom. The standard InChI is InChI=1S/C27H34N6O2/c1-4-18-12-26(16-28)7-5-8-27(13-18,15-26)33-23-21(32(3)25(33)34)14-29-24(31-23)30-20-11-19-6-9-35-22(19)10-17(20)2/h10-11,14,18-19,22H,4-9,12-13,15H2,1-3H3,(H,29,30,31). The molecule has 0 amide bonds. The van der Waals surface area contributed by atoms with Crippen LogP contribution in [0.3, 0.4) is 0 Å². The number of hydrogen-bond donors (Lipinski definition) is 1. The van der Waals surface area contributed by atoms with E-state index in [2.05, 4.69) is 42.4 Å². The molecule has 1 saturated heterocycles. The van der Waals surface area contributed by atoms with Crippen LogP contribution >= 0.6 is 0 Å². The number of imidazole rings is 1. The summed E-state index contributed by atoms with van der Waals surface area (Å²) >= 11 is 0. The Kier molecular flexibility index (Phi) is 5.19. The van der Waals surface area contributed by atoms with Crippen LogP contribution in [0.1, 0.15) is 65.2 Å². The van der Waals surface area contributed by atoms with Gasteiger partial charge >= 0.3 is 5.69 Å². The summed E-state index contributed by atoms with van der Waals surface area (Å²) in [5.41, 5.74) is 2.74. The van der Waals surface area contributed by atoms with Gasteiger partial charge in [-0.3, -0.25) is 9.13 Å². The highest BCUT2D eigenvalue weighted by Gasteiger charge is 2.53. The van der Waals surface area contributed by atoms with Crippen LogP contribution in [0, 0.1) is 28.6 Å². The van der Waals surface area contributed by atoms with E-state index in [0.29, 0.717) is 23.4 Å². The van der Waals surface area contributed by atoms with Gasteiger partial charge in [0.15, 0.2) is 5.65 Å². The van der Waals surface area contributed by atoms with Crippen molar-refractivity contribution in [3.05, 3.63) is 40.1 Å². The molecule has 0 aromatic carbocycles. The molecule has 2 saturated carbocycles. The largest absolute Gasteiger partial charge is 0.373 e. The van der Waals surface area contributed by atoms with Crippen LogP contribution in [-0.2, 0) is 17.3 Å². The van der Waals surface area contributed by atoms with E-state index in [-0.39, 0.29) is 22.7 Å². The van der Waals surface area contributed by atoms with Gasteiger partial charge in [0.25, 0.3) is 0 Å². The number of hydrogen-bond acceptors (Lipinski definition) is 6. The zero-order valence-corrected chi connectivity index (χ0v) is 20.9. The zero-order valence-electron chi connectivity index (χ0n) is 20.9. The van der Waals surface area contributed by atoms with Crippen LogP contribution in [0.15, 0.2) is 34.4 Å². The predicted octanol–water partition coefficient (Wildman–Crippen LogP) is 4.39. The van der Waals surface area contributed by atoms with Crippen molar-refractivity contribution >= 4 is 17.1 Å². The quantitative estimate of drug-likeness (QED) is 0.706. The number of anilines is 1. The van der Waals surface area contributed by atoms with Crippen molar-refractivity contribution in [2.75, 3.05) is 11.9 Å². The van der Waals surface area contributed by atoms with Crippen LogP contribution in [0.25, 0.3) is 11.2 Å². The Balaban J connectivity index is 1.44. The number of rotatable bonds is 4. The Bertz CT molecular complexity index is 1350. The van der Waals surface area contributed by atoms with E-state index in [1.165, 1.54) is 0 Å². The number of aryl methyl sites for hydroxylation is 1. The molecule has 0 spiro atoms. The normalized spacial score (nSPS) is 34.2. The highest BCUT2D eigenvalue weighted by Crippen LogP contribution is 2.56. The molecule has 6 rings (SSSR count). The third kappa shape index (κ3) is 3.47. The number of ether oxygens (including phenoxy) is 1. The minimum atomic E-state index is -0.372. The molecule has 184 valence electrons. The van der Waals surface area contributed by atoms with E-state index in [0.717, 1.165) is 74.8 Å². The molecule has 35 heavy (non-hydrogen) atoms. The van der Waals surface area contributed by atoms with Gasteiger partial charge in [-0.15, -0.1) is 0 Å². The van der Waals surface area contributed by atoms with E-state index >= 15 is 0 Å². The van der Waals surface area contributed by atoms with E-state index in [1.807, 2.05) is 4.57 Å². The molecule has 4 aliphatic rings. The fourth-order valence-electron chi connectivity index (χ4n) is 7.30. The molecule has 8 nitrogen and oxygen atoms in total. The van der Waals surface area contributed by atoms with Crippen molar-refractivity contribution in [1.82, 2.24) is 19.1 Å². The highest BCUT2D eigenvalue weighted by molar-refractivity contribution is 5.73. The van der Waals surface area contributed by atoms with Crippen LogP contribution < -0.4 is 11.0 Å². The summed E-state index contributed by atoms with van der Waals surface area (Å²) in [5, 5.41) is 13.6. The maximum atomic E-state index is 13.7. The molecule has 8 heteroatoms. The molecule has 1 N–H and O–H groups in total. The second-order valence-corrected chi connectivity index (χ2v) is 11.3. The van der Waals surface area contributed by atoms with Gasteiger partial charge in [-0.25, -0.2) is 9.78 Å². The van der Waals surface area contributed by atoms with Crippen LogP contribution in [0.4, 0.5) is 5.95 Å². The topological polar surface area (TPSA) is 97.8 Å². The van der Waals surface area contributed by atoms with Crippen molar-refractivity contribution in [1.29, 1.82) is 5.26 Å². The lowest BCUT2D eigenvalue weighted by Crippen LogP contribution is -2.52. The summed E-state index contributed by atoms with van der Waals surface area (Å²) in [4.78, 5) is 23.2. The van der Waals surface area contributed by atoms with E-state index in [9.17, 15) is 10.1 Å². The number of nitriles is 1. The number of nitrogens with one attached hydrogen (secondary N) is 1. The van der Waals surface area contributed by atoms with Gasteiger partial charge in [0.05, 0.1) is 29.3 Å². The minimum absolute atomic E-state index is 0.0594. The van der Waals surface area contributed by atoms with Crippen molar-refractivity contribution < 1.29 is 4.74 Å². The van der Waals surface area contributed by atoms with Gasteiger partial charge in [0.2, 0.25) is 5.95 Å². The fourth-order valence-corrected chi connectivity index (χ4v) is 7.30. The average molecular weight is 475 g/mol. The number of allylic oxidation sites excluding steroid dienone is 1. The minimum Gasteiger partial charge on any atom is -0.373 e. The first-order valence-electron chi connectivity index (χ1n) is 13.0. The first-order chi connectivity index (χ1) is 16.9. The number of aromatic nitrogens is 4. The van der Waals surface area contributed by atoms with E-state index in [1.54, 1.807) is 17.8 Å². The summed E-state index contributed by atoms with van der Waals surface area (Å²) < 4.78 is 9.41. The van der Waals surface area contributed by atoms with Crippen LogP contribution in [-0.4, -0.2) is 31.8 Å². The second kappa shape index (κ2) is 8.06. The van der Waals surface area contributed by atoms with Gasteiger partial charge in [-0.2, -0.15) is 10.2 Å². The van der Waals surface area contributed by atoms with Crippen LogP contribution in [0.2, 0.25) is 0 Å². The average Bonchev–Trinajstić information content (AvgIpc) is 3.40. The maximum absolute atomic E-state index is 13.7. The van der Waals surface area contributed by atoms with E-state index in [4.69, 9.17) is 9.72 Å². The fraction of sp³-hybridized carbons (Fsp3) is 0.630. The molecule has 2 aromatic heterocycles. The molecule has 2 bridgehead atoms. The third-order valence-electron chi connectivity index (χ3n) is 9.05. The zero-order chi connectivity index (χ0) is 24.4. The monoisotopic (exact) mass is 474 g/mol. The lowest BCUT2D eigenvalue weighted by atomic mass is 9.55. The molecular formula is C27H34N6O2. The molecule has 3 aliphatic carbocycles. The van der Waals surface area contributed by atoms with Crippen molar-refractivity contribution in [3.8, 4) is 6.07 Å². The Morgan fingerprint density at radius 1 is 1.31 bits per heavy atom. The first-order valence-corrected chi connectivity index (χ1v) is 13.0. The smallest absolute Gasteiger partial charge is 0.330 e.